The van der Waals surface area contributed by atoms with E-state index in [4.69, 9.17) is 29.8 Å². The number of carbonyl (C=O) groups is 2. The SMILES string of the molecule is CC(=O)O.CC(=O)O.CC1=N[C@@H]2C[C@@H]3N=C(C)N[C@@H]4C[C@H](N1)[C@H]2[C@H]34. The van der Waals surface area contributed by atoms with E-state index in [1.807, 2.05) is 0 Å². The van der Waals surface area contributed by atoms with Gasteiger partial charge in [0.15, 0.2) is 0 Å². The largest absolute Gasteiger partial charge is 0.481 e. The number of nitrogens with zero attached hydrogens (tertiary/aromatic N) is 2. The zero-order chi connectivity index (χ0) is 18.0. The van der Waals surface area contributed by atoms with Gasteiger partial charge in [-0.2, -0.15) is 0 Å². The number of carboxylic acids is 2. The molecule has 6 atom stereocenters. The number of aliphatic imine (C=N–C) groups is 2. The van der Waals surface area contributed by atoms with E-state index >= 15 is 0 Å². The van der Waals surface area contributed by atoms with E-state index in [2.05, 4.69) is 24.5 Å². The van der Waals surface area contributed by atoms with Gasteiger partial charge in [-0.1, -0.05) is 0 Å². The molecule has 0 bridgehead atoms. The summed E-state index contributed by atoms with van der Waals surface area (Å²) in [5.74, 6) is 2.05. The van der Waals surface area contributed by atoms with Crippen LogP contribution in [0.3, 0.4) is 0 Å². The fourth-order valence-electron chi connectivity index (χ4n) is 4.43. The van der Waals surface area contributed by atoms with Crippen molar-refractivity contribution in [2.75, 3.05) is 0 Å². The zero-order valence-corrected chi connectivity index (χ0v) is 14.5. The summed E-state index contributed by atoms with van der Waals surface area (Å²) >= 11 is 0. The third-order valence-electron chi connectivity index (χ3n) is 4.76. The van der Waals surface area contributed by atoms with Crippen molar-refractivity contribution in [2.24, 2.45) is 21.8 Å². The Morgan fingerprint density at radius 3 is 1.54 bits per heavy atom. The minimum absolute atomic E-state index is 0.530. The van der Waals surface area contributed by atoms with Crippen LogP contribution in [0, 0.1) is 11.8 Å². The zero-order valence-electron chi connectivity index (χ0n) is 14.5. The molecular weight excluding hydrogens is 312 g/mol. The molecule has 2 heterocycles. The predicted octanol–water partition coefficient (Wildman–Crippen LogP) is 0.726. The van der Waals surface area contributed by atoms with Gasteiger partial charge < -0.3 is 20.8 Å². The van der Waals surface area contributed by atoms with E-state index in [-0.39, 0.29) is 0 Å². The molecular formula is C16H26N4O4. The van der Waals surface area contributed by atoms with Gasteiger partial charge >= 0.3 is 0 Å². The summed E-state index contributed by atoms with van der Waals surface area (Å²) in [6, 6.07) is 2.33. The molecule has 0 aromatic carbocycles. The van der Waals surface area contributed by atoms with Crippen LogP contribution in [-0.4, -0.2) is 58.0 Å². The van der Waals surface area contributed by atoms with Gasteiger partial charge in [0.2, 0.25) is 0 Å². The van der Waals surface area contributed by atoms with Gasteiger partial charge in [-0.05, 0) is 26.7 Å². The first-order valence-corrected chi connectivity index (χ1v) is 8.20. The number of hydrogen-bond acceptors (Lipinski definition) is 6. The molecule has 24 heavy (non-hydrogen) atoms. The maximum absolute atomic E-state index is 9.00. The van der Waals surface area contributed by atoms with E-state index < -0.39 is 11.9 Å². The molecule has 8 heteroatoms. The van der Waals surface area contributed by atoms with Crippen LogP contribution in [0.25, 0.3) is 0 Å². The quantitative estimate of drug-likeness (QED) is 0.516. The summed E-state index contributed by atoms with van der Waals surface area (Å²) in [5.41, 5.74) is 0. The van der Waals surface area contributed by atoms with Crippen LogP contribution < -0.4 is 10.6 Å². The second-order valence-corrected chi connectivity index (χ2v) is 6.73. The highest BCUT2D eigenvalue weighted by Crippen LogP contribution is 2.49. The Kier molecular flexibility index (Phi) is 5.46. The molecule has 0 amide bonds. The molecule has 2 aliphatic carbocycles. The van der Waals surface area contributed by atoms with Crippen molar-refractivity contribution in [3.05, 3.63) is 0 Å². The molecule has 4 rings (SSSR count). The Morgan fingerprint density at radius 1 is 0.875 bits per heavy atom. The van der Waals surface area contributed by atoms with Crippen LogP contribution in [0.2, 0.25) is 0 Å². The average Bonchev–Trinajstić information content (AvgIpc) is 2.91. The van der Waals surface area contributed by atoms with E-state index in [1.165, 1.54) is 12.8 Å². The first-order valence-electron chi connectivity index (χ1n) is 8.20. The molecule has 0 aromatic heterocycles. The van der Waals surface area contributed by atoms with Gasteiger partial charge in [0.05, 0.1) is 23.8 Å². The highest BCUT2D eigenvalue weighted by Gasteiger charge is 2.57. The molecule has 134 valence electrons. The lowest BCUT2D eigenvalue weighted by atomic mass is 9.90. The van der Waals surface area contributed by atoms with Gasteiger partial charge in [0.1, 0.15) is 0 Å². The smallest absolute Gasteiger partial charge is 0.300 e. The third-order valence-corrected chi connectivity index (χ3v) is 4.76. The van der Waals surface area contributed by atoms with E-state index in [0.29, 0.717) is 24.2 Å². The van der Waals surface area contributed by atoms with Crippen LogP contribution in [-0.2, 0) is 9.59 Å². The maximum atomic E-state index is 9.00. The molecule has 0 radical (unpaired) electrons. The minimum Gasteiger partial charge on any atom is -0.481 e. The van der Waals surface area contributed by atoms with Crippen molar-refractivity contribution >= 4 is 23.6 Å². The number of aliphatic carboxylic acids is 2. The minimum atomic E-state index is -0.833. The van der Waals surface area contributed by atoms with Crippen molar-refractivity contribution in [1.82, 2.24) is 10.6 Å². The molecule has 0 spiro atoms. The van der Waals surface area contributed by atoms with Crippen LogP contribution in [0.15, 0.2) is 9.98 Å². The molecule has 4 N–H and O–H groups in total. The Bertz CT molecular complexity index is 518. The van der Waals surface area contributed by atoms with Gasteiger partial charge in [-0.3, -0.25) is 19.6 Å². The van der Waals surface area contributed by atoms with Crippen LogP contribution in [0.4, 0.5) is 0 Å². The van der Waals surface area contributed by atoms with Crippen LogP contribution >= 0.6 is 0 Å². The van der Waals surface area contributed by atoms with Crippen molar-refractivity contribution in [3.8, 4) is 0 Å². The lowest BCUT2D eigenvalue weighted by molar-refractivity contribution is -0.135. The van der Waals surface area contributed by atoms with E-state index in [9.17, 15) is 0 Å². The molecule has 8 nitrogen and oxygen atoms in total. The highest BCUT2D eigenvalue weighted by atomic mass is 16.4. The Hall–Kier alpha value is -2.12. The molecule has 0 unspecified atom stereocenters. The topological polar surface area (TPSA) is 123 Å². The van der Waals surface area contributed by atoms with Gasteiger partial charge in [0, 0.05) is 37.8 Å². The number of rotatable bonds is 0. The van der Waals surface area contributed by atoms with Crippen molar-refractivity contribution < 1.29 is 19.8 Å². The molecule has 0 aromatic rings. The van der Waals surface area contributed by atoms with Crippen LogP contribution in [0.1, 0.15) is 40.5 Å². The number of hydrogen-bond donors (Lipinski definition) is 4. The average molecular weight is 338 g/mol. The van der Waals surface area contributed by atoms with Crippen molar-refractivity contribution in [1.29, 1.82) is 0 Å². The number of amidine groups is 2. The second-order valence-electron chi connectivity index (χ2n) is 6.73. The standard InChI is InChI=1S/C12H18N4.2C2H4O2/c1-5-13-7-3-9-12-10(16-6(2)15-9)4-8(14-5)11(7)12;2*1-2(3)4/h7-12H,3-4H2,1-2H3,(H,13,14)(H,15,16);2*1H3,(H,3,4)/t7-,8+,9+,10-,11+,12-;;. The Balaban J connectivity index is 0.000000223. The van der Waals surface area contributed by atoms with Crippen LogP contribution in [0.5, 0.6) is 0 Å². The molecule has 2 fully saturated rings. The number of carboxylic acid groups (broad SMARTS) is 2. The molecule has 2 saturated carbocycles. The summed E-state index contributed by atoms with van der Waals surface area (Å²) < 4.78 is 0. The monoisotopic (exact) mass is 338 g/mol. The lowest BCUT2D eigenvalue weighted by Gasteiger charge is -2.30. The second kappa shape index (κ2) is 7.19. The fraction of sp³-hybridized carbons (Fsp3) is 0.750. The summed E-state index contributed by atoms with van der Waals surface area (Å²) in [7, 11) is 0. The first kappa shape index (κ1) is 18.2. The van der Waals surface area contributed by atoms with E-state index in [0.717, 1.165) is 37.4 Å². The predicted molar refractivity (Wildman–Crippen MR) is 90.5 cm³/mol. The summed E-state index contributed by atoms with van der Waals surface area (Å²) in [6.45, 7) is 6.36. The fourth-order valence-corrected chi connectivity index (χ4v) is 4.43. The summed E-state index contributed by atoms with van der Waals surface area (Å²) in [4.78, 5) is 27.6. The third kappa shape index (κ3) is 4.04. The Labute approximate surface area is 141 Å². The van der Waals surface area contributed by atoms with Gasteiger partial charge in [-0.25, -0.2) is 0 Å². The van der Waals surface area contributed by atoms with E-state index in [1.54, 1.807) is 0 Å². The molecule has 4 aliphatic rings. The maximum Gasteiger partial charge on any atom is 0.300 e. The molecule has 2 aliphatic heterocycles. The van der Waals surface area contributed by atoms with Crippen molar-refractivity contribution in [2.45, 2.75) is 64.7 Å². The first-order chi connectivity index (χ1) is 11.2. The highest BCUT2D eigenvalue weighted by molar-refractivity contribution is 5.82. The van der Waals surface area contributed by atoms with Gasteiger partial charge in [-0.15, -0.1) is 0 Å². The van der Waals surface area contributed by atoms with Crippen molar-refractivity contribution in [3.63, 3.8) is 0 Å². The normalized spacial score (nSPS) is 37.0. The number of nitrogens with one attached hydrogen (secondary N) is 2. The van der Waals surface area contributed by atoms with Gasteiger partial charge in [0.25, 0.3) is 11.9 Å². The summed E-state index contributed by atoms with van der Waals surface area (Å²) in [5, 5.41) is 22.0. The Morgan fingerprint density at radius 2 is 1.21 bits per heavy atom. The molecule has 0 saturated heterocycles. The lowest BCUT2D eigenvalue weighted by Crippen LogP contribution is -2.45. The summed E-state index contributed by atoms with van der Waals surface area (Å²) in [6.07, 6.45) is 2.41.